The molecular weight excluding hydrogens is 374 g/mol. The molecule has 1 heterocycles. The number of carboxylic acids is 1. The van der Waals surface area contributed by atoms with Crippen molar-refractivity contribution in [1.29, 1.82) is 0 Å². The fraction of sp³-hybridized carbons (Fsp3) is 0.346. The van der Waals surface area contributed by atoms with Crippen LogP contribution in [0.2, 0.25) is 0 Å². The Morgan fingerprint density at radius 3 is 2.43 bits per heavy atom. The number of rotatable bonds is 7. The largest absolute Gasteiger partial charge is 0.493 e. The summed E-state index contributed by atoms with van der Waals surface area (Å²) in [4.78, 5) is 14.5. The lowest BCUT2D eigenvalue weighted by atomic mass is 9.89. The van der Waals surface area contributed by atoms with Gasteiger partial charge in [-0.15, -0.1) is 0 Å². The van der Waals surface area contributed by atoms with Gasteiger partial charge in [-0.25, -0.2) is 4.79 Å². The minimum absolute atomic E-state index is 0.338. The van der Waals surface area contributed by atoms with E-state index in [1.807, 2.05) is 32.2 Å². The first kappa shape index (κ1) is 21.7. The summed E-state index contributed by atoms with van der Waals surface area (Å²) in [6.07, 6.45) is 3.27. The van der Waals surface area contributed by atoms with Crippen molar-refractivity contribution in [1.82, 2.24) is 4.98 Å². The molecular formula is C26H31NO3. The smallest absolute Gasteiger partial charge is 0.328 e. The number of hydrogen-bond donors (Lipinski definition) is 2. The van der Waals surface area contributed by atoms with Crippen molar-refractivity contribution < 1.29 is 14.6 Å². The Morgan fingerprint density at radius 2 is 1.83 bits per heavy atom. The maximum atomic E-state index is 11.1. The first-order chi connectivity index (χ1) is 14.2. The molecule has 4 nitrogen and oxygen atoms in total. The summed E-state index contributed by atoms with van der Waals surface area (Å²) in [6.45, 7) is 13.2. The topological polar surface area (TPSA) is 62.3 Å². The van der Waals surface area contributed by atoms with Crippen molar-refractivity contribution >= 4 is 22.4 Å². The van der Waals surface area contributed by atoms with Crippen LogP contribution in [-0.2, 0) is 4.79 Å². The molecule has 0 aliphatic carbocycles. The highest BCUT2D eigenvalue weighted by Gasteiger charge is 2.20. The van der Waals surface area contributed by atoms with Gasteiger partial charge in [0.15, 0.2) is 0 Å². The molecule has 0 fully saturated rings. The van der Waals surface area contributed by atoms with Gasteiger partial charge in [-0.2, -0.15) is 0 Å². The number of carbonyl (C=O) groups is 1. The lowest BCUT2D eigenvalue weighted by molar-refractivity contribution is -0.131. The third-order valence-electron chi connectivity index (χ3n) is 5.48. The Morgan fingerprint density at radius 1 is 1.10 bits per heavy atom. The number of ether oxygens (including phenoxy) is 1. The monoisotopic (exact) mass is 405 g/mol. The number of benzene rings is 2. The van der Waals surface area contributed by atoms with E-state index in [1.54, 1.807) is 0 Å². The minimum Gasteiger partial charge on any atom is -0.493 e. The number of nitrogens with one attached hydrogen (secondary N) is 1. The van der Waals surface area contributed by atoms with Crippen LogP contribution in [0.25, 0.3) is 27.6 Å². The predicted octanol–water partition coefficient (Wildman–Crippen LogP) is 6.97. The second-order valence-electron chi connectivity index (χ2n) is 8.36. The number of carboxylic acid groups (broad SMARTS) is 1. The number of aromatic nitrogens is 1. The van der Waals surface area contributed by atoms with Gasteiger partial charge in [0.1, 0.15) is 5.75 Å². The quantitative estimate of drug-likeness (QED) is 0.417. The Bertz CT molecular complexity index is 1100. The van der Waals surface area contributed by atoms with Crippen LogP contribution in [-0.4, -0.2) is 22.7 Å². The van der Waals surface area contributed by atoms with Crippen molar-refractivity contribution in [2.75, 3.05) is 6.61 Å². The summed E-state index contributed by atoms with van der Waals surface area (Å²) in [5, 5.41) is 10.2. The maximum Gasteiger partial charge on any atom is 0.328 e. The van der Waals surface area contributed by atoms with E-state index in [0.29, 0.717) is 18.4 Å². The van der Waals surface area contributed by atoms with E-state index in [-0.39, 0.29) is 0 Å². The molecule has 0 unspecified atom stereocenters. The molecule has 0 aliphatic heterocycles. The molecule has 2 N–H and O–H groups in total. The highest BCUT2D eigenvalue weighted by atomic mass is 16.5. The Balaban J connectivity index is 2.29. The van der Waals surface area contributed by atoms with E-state index >= 15 is 0 Å². The zero-order valence-electron chi connectivity index (χ0n) is 18.7. The molecule has 4 heteroatoms. The van der Waals surface area contributed by atoms with Gasteiger partial charge in [0.2, 0.25) is 0 Å². The van der Waals surface area contributed by atoms with Crippen molar-refractivity contribution in [2.24, 2.45) is 0 Å². The Labute approximate surface area is 178 Å². The summed E-state index contributed by atoms with van der Waals surface area (Å²) in [5.41, 5.74) is 7.28. The van der Waals surface area contributed by atoms with Gasteiger partial charge in [0, 0.05) is 34.3 Å². The number of allylic oxidation sites excluding steroid dienone is 1. The average molecular weight is 406 g/mol. The molecule has 0 radical (unpaired) electrons. The normalized spacial score (nSPS) is 12.2. The summed E-state index contributed by atoms with van der Waals surface area (Å²) >= 11 is 0. The van der Waals surface area contributed by atoms with Gasteiger partial charge in [-0.3, -0.25) is 0 Å². The van der Waals surface area contributed by atoms with Crippen molar-refractivity contribution in [2.45, 2.75) is 53.4 Å². The fourth-order valence-electron chi connectivity index (χ4n) is 3.80. The van der Waals surface area contributed by atoms with Crippen LogP contribution in [0.1, 0.15) is 70.1 Å². The molecule has 3 aromatic rings. The van der Waals surface area contributed by atoms with Crippen molar-refractivity contribution in [3.63, 3.8) is 0 Å². The number of aromatic amines is 1. The zero-order chi connectivity index (χ0) is 22.0. The summed E-state index contributed by atoms with van der Waals surface area (Å²) < 4.78 is 6.16. The van der Waals surface area contributed by atoms with E-state index in [0.717, 1.165) is 38.9 Å². The maximum absolute atomic E-state index is 11.1. The minimum atomic E-state index is -0.938. The van der Waals surface area contributed by atoms with Crippen LogP contribution in [0.4, 0.5) is 0 Å². The number of H-pyrrole nitrogens is 1. The molecule has 0 atom stereocenters. The van der Waals surface area contributed by atoms with Gasteiger partial charge in [-0.05, 0) is 66.1 Å². The molecule has 30 heavy (non-hydrogen) atoms. The molecule has 0 bridgehead atoms. The van der Waals surface area contributed by atoms with Gasteiger partial charge in [0.05, 0.1) is 6.61 Å². The van der Waals surface area contributed by atoms with Gasteiger partial charge < -0.3 is 14.8 Å². The first-order valence-corrected chi connectivity index (χ1v) is 10.6. The molecule has 0 saturated carbocycles. The van der Waals surface area contributed by atoms with Crippen molar-refractivity contribution in [3.05, 3.63) is 59.3 Å². The van der Waals surface area contributed by atoms with E-state index < -0.39 is 5.97 Å². The molecule has 3 rings (SSSR count). The molecule has 0 spiro atoms. The third kappa shape index (κ3) is 4.28. The number of aliphatic carboxylic acids is 1. The van der Waals surface area contributed by atoms with E-state index in [9.17, 15) is 4.79 Å². The van der Waals surface area contributed by atoms with Crippen LogP contribution >= 0.6 is 0 Å². The number of hydrogen-bond acceptors (Lipinski definition) is 2. The van der Waals surface area contributed by atoms with Crippen molar-refractivity contribution in [3.8, 4) is 16.9 Å². The van der Waals surface area contributed by atoms with E-state index in [1.165, 1.54) is 17.2 Å². The van der Waals surface area contributed by atoms with Crippen LogP contribution in [0.15, 0.2) is 42.6 Å². The molecule has 1 aromatic heterocycles. The third-order valence-corrected chi connectivity index (χ3v) is 5.48. The number of fused-ring (bicyclic) bond motifs is 1. The highest BCUT2D eigenvalue weighted by Crippen LogP contribution is 2.42. The highest BCUT2D eigenvalue weighted by molar-refractivity contribution is 6.00. The molecule has 0 saturated heterocycles. The molecule has 0 amide bonds. The van der Waals surface area contributed by atoms with Gasteiger partial charge in [0.25, 0.3) is 0 Å². The molecule has 0 aliphatic rings. The molecule has 158 valence electrons. The lowest BCUT2D eigenvalue weighted by Crippen LogP contribution is -2.03. The van der Waals surface area contributed by atoms with Gasteiger partial charge >= 0.3 is 5.97 Å². The Kier molecular flexibility index (Phi) is 6.35. The van der Waals surface area contributed by atoms with Crippen LogP contribution < -0.4 is 4.74 Å². The second-order valence-corrected chi connectivity index (χ2v) is 8.36. The van der Waals surface area contributed by atoms with Crippen LogP contribution in [0.5, 0.6) is 5.75 Å². The predicted molar refractivity (Wildman–Crippen MR) is 124 cm³/mol. The average Bonchev–Trinajstić information content (AvgIpc) is 3.10. The van der Waals surface area contributed by atoms with E-state index in [2.05, 4.69) is 50.9 Å². The van der Waals surface area contributed by atoms with Crippen LogP contribution in [0.3, 0.4) is 0 Å². The lowest BCUT2D eigenvalue weighted by Gasteiger charge is -2.20. The summed E-state index contributed by atoms with van der Waals surface area (Å²) in [6, 6.07) is 10.5. The van der Waals surface area contributed by atoms with Crippen LogP contribution in [0, 0.1) is 0 Å². The zero-order valence-corrected chi connectivity index (χ0v) is 18.7. The summed E-state index contributed by atoms with van der Waals surface area (Å²) in [7, 11) is 0. The first-order valence-electron chi connectivity index (χ1n) is 10.6. The molecule has 2 aromatic carbocycles. The van der Waals surface area contributed by atoms with E-state index in [4.69, 9.17) is 9.84 Å². The standard InChI is InChI=1S/C26H31NO3/c1-7-30-26-20(16(4)5)12-19(15(2)3)13-22(26)23-14-27-24-9-8-18(11-21(23)24)17(6)10-25(28)29/h8-16,27H,7H2,1-6H3,(H,28,29). The fourth-order valence-corrected chi connectivity index (χ4v) is 3.80. The SMILES string of the molecule is CCOc1c(-c2c[nH]c3ccc(C(C)=CC(=O)O)cc23)cc(C(C)C)cc1C(C)C. The summed E-state index contributed by atoms with van der Waals surface area (Å²) in [5.74, 6) is 0.733. The Hall–Kier alpha value is -3.01. The van der Waals surface area contributed by atoms with Gasteiger partial charge in [-0.1, -0.05) is 39.8 Å². The second kappa shape index (κ2) is 8.78.